The van der Waals surface area contributed by atoms with Crippen molar-refractivity contribution in [3.63, 3.8) is 0 Å². The number of esters is 2. The highest BCUT2D eigenvalue weighted by molar-refractivity contribution is 5.90. The summed E-state index contributed by atoms with van der Waals surface area (Å²) >= 11 is 0. The van der Waals surface area contributed by atoms with E-state index in [1.807, 2.05) is 0 Å². The molecule has 0 atom stereocenters. The Morgan fingerprint density at radius 3 is 1.82 bits per heavy atom. The first kappa shape index (κ1) is 25.3. The summed E-state index contributed by atoms with van der Waals surface area (Å²) < 4.78 is 44.4. The molecule has 0 saturated heterocycles. The third-order valence-corrected chi connectivity index (χ3v) is 3.82. The van der Waals surface area contributed by atoms with Crippen LogP contribution in [0.25, 0.3) is 0 Å². The predicted octanol–water partition coefficient (Wildman–Crippen LogP) is 3.97. The molecule has 0 saturated carbocycles. The van der Waals surface area contributed by atoms with Crippen LogP contribution < -0.4 is 18.9 Å². The van der Waals surface area contributed by atoms with Gasteiger partial charge in [0.25, 0.3) is 0 Å². The Morgan fingerprint density at radius 1 is 0.788 bits per heavy atom. The number of benzene rings is 2. The Balaban J connectivity index is 1.85. The van der Waals surface area contributed by atoms with Crippen LogP contribution in [0.2, 0.25) is 0 Å². The van der Waals surface area contributed by atoms with Crippen molar-refractivity contribution >= 4 is 11.9 Å². The number of rotatable bonds is 12. The summed E-state index contributed by atoms with van der Waals surface area (Å²) in [6, 6.07) is 9.85. The fourth-order valence-electron chi connectivity index (χ4n) is 2.26. The van der Waals surface area contributed by atoms with Gasteiger partial charge in [-0.3, -0.25) is 0 Å². The number of methoxy groups -OCH3 is 2. The van der Waals surface area contributed by atoms with E-state index in [4.69, 9.17) is 28.4 Å². The maximum absolute atomic E-state index is 14.2. The fourth-order valence-corrected chi connectivity index (χ4v) is 2.26. The lowest BCUT2D eigenvalue weighted by Gasteiger charge is -2.08. The number of carbonyl (C=O) groups excluding carboxylic acids is 2. The topological polar surface area (TPSA) is 89.5 Å². The minimum absolute atomic E-state index is 0.00528. The Hall–Kier alpha value is -3.95. The summed E-state index contributed by atoms with van der Waals surface area (Å²) in [5.41, 5.74) is 0.286. The lowest BCUT2D eigenvalue weighted by Crippen LogP contribution is -2.14. The second kappa shape index (κ2) is 12.8. The monoisotopic (exact) mass is 458 g/mol. The molecule has 0 bridgehead atoms. The Labute approximate surface area is 190 Å². The molecule has 174 valence electrons. The van der Waals surface area contributed by atoms with Crippen molar-refractivity contribution in [2.24, 2.45) is 0 Å². The van der Waals surface area contributed by atoms with Gasteiger partial charge in [0.15, 0.2) is 11.6 Å². The Morgan fingerprint density at radius 2 is 1.27 bits per heavy atom. The van der Waals surface area contributed by atoms with Gasteiger partial charge in [0.2, 0.25) is 0 Å². The van der Waals surface area contributed by atoms with E-state index in [1.165, 1.54) is 44.7 Å². The first-order valence-electron chi connectivity index (χ1n) is 9.49. The molecular weight excluding hydrogens is 435 g/mol. The Kier molecular flexibility index (Phi) is 9.81. The number of halogens is 1. The SMILES string of the molecule is C=C(COC)C(=O)Oc1ccc(O/C=C\Oc2ccc(OC(=O)C(=C)COC)cc2F)cc1. The molecule has 0 N–H and O–H groups in total. The fraction of sp³-hybridized carbons (Fsp3) is 0.167. The van der Waals surface area contributed by atoms with Crippen molar-refractivity contribution in [2.75, 3.05) is 27.4 Å². The summed E-state index contributed by atoms with van der Waals surface area (Å²) in [6.07, 6.45) is 2.33. The highest BCUT2D eigenvalue weighted by atomic mass is 19.1. The van der Waals surface area contributed by atoms with Crippen LogP contribution in [0.15, 0.2) is 79.3 Å². The molecule has 8 nitrogen and oxygen atoms in total. The van der Waals surface area contributed by atoms with Crippen LogP contribution in [0.1, 0.15) is 0 Å². The minimum atomic E-state index is -0.747. The molecule has 0 aromatic heterocycles. The van der Waals surface area contributed by atoms with Crippen LogP contribution in [-0.4, -0.2) is 39.4 Å². The highest BCUT2D eigenvalue weighted by Gasteiger charge is 2.12. The average molecular weight is 458 g/mol. The van der Waals surface area contributed by atoms with Crippen LogP contribution in [0, 0.1) is 5.82 Å². The van der Waals surface area contributed by atoms with Gasteiger partial charge in [-0.1, -0.05) is 13.2 Å². The van der Waals surface area contributed by atoms with Gasteiger partial charge < -0.3 is 28.4 Å². The van der Waals surface area contributed by atoms with Crippen LogP contribution in [0.4, 0.5) is 4.39 Å². The van der Waals surface area contributed by atoms with Gasteiger partial charge in [-0.2, -0.15) is 0 Å². The lowest BCUT2D eigenvalue weighted by atomic mass is 10.3. The molecule has 0 aliphatic rings. The van der Waals surface area contributed by atoms with Gasteiger partial charge in [0, 0.05) is 20.3 Å². The lowest BCUT2D eigenvalue weighted by molar-refractivity contribution is -0.131. The van der Waals surface area contributed by atoms with E-state index in [2.05, 4.69) is 13.2 Å². The van der Waals surface area contributed by atoms with Crippen LogP contribution in [-0.2, 0) is 19.1 Å². The van der Waals surface area contributed by atoms with Gasteiger partial charge in [-0.05, 0) is 36.4 Å². The summed E-state index contributed by atoms with van der Waals surface area (Å²) in [5, 5.41) is 0. The van der Waals surface area contributed by atoms with Gasteiger partial charge in [-0.15, -0.1) is 0 Å². The molecule has 0 amide bonds. The van der Waals surface area contributed by atoms with E-state index in [9.17, 15) is 14.0 Å². The number of hydrogen-bond acceptors (Lipinski definition) is 8. The Bertz CT molecular complexity index is 1030. The molecule has 33 heavy (non-hydrogen) atoms. The zero-order chi connectivity index (χ0) is 24.2. The van der Waals surface area contributed by atoms with Gasteiger partial charge in [-0.25, -0.2) is 14.0 Å². The third kappa shape index (κ3) is 8.24. The summed E-state index contributed by atoms with van der Waals surface area (Å²) in [7, 11) is 2.86. The molecule has 9 heteroatoms. The van der Waals surface area contributed by atoms with Crippen molar-refractivity contribution in [1.29, 1.82) is 0 Å². The van der Waals surface area contributed by atoms with Crippen LogP contribution in [0.5, 0.6) is 23.0 Å². The molecule has 0 fully saturated rings. The van der Waals surface area contributed by atoms with E-state index in [0.717, 1.165) is 12.3 Å². The predicted molar refractivity (Wildman–Crippen MR) is 117 cm³/mol. The molecule has 0 aliphatic carbocycles. The van der Waals surface area contributed by atoms with Crippen molar-refractivity contribution < 1.29 is 42.4 Å². The van der Waals surface area contributed by atoms with Gasteiger partial charge in [0.05, 0.1) is 24.4 Å². The quantitative estimate of drug-likeness (QED) is 0.204. The molecule has 0 aliphatic heterocycles. The van der Waals surface area contributed by atoms with Gasteiger partial charge in [0.1, 0.15) is 29.8 Å². The van der Waals surface area contributed by atoms with E-state index >= 15 is 0 Å². The molecule has 0 heterocycles. The zero-order valence-corrected chi connectivity index (χ0v) is 18.2. The molecule has 2 rings (SSSR count). The highest BCUT2D eigenvalue weighted by Crippen LogP contribution is 2.24. The number of ether oxygens (including phenoxy) is 6. The maximum Gasteiger partial charge on any atom is 0.341 e. The maximum atomic E-state index is 14.2. The smallest absolute Gasteiger partial charge is 0.341 e. The standard InChI is InChI=1S/C24H23FO8/c1-16(14-28-3)23(26)32-19-7-5-18(6-8-19)30-11-12-31-22-10-9-20(13-21(22)25)33-24(27)17(2)15-29-4/h5-13H,1-2,14-15H2,3-4H3/b12-11-. The molecular formula is C24H23FO8. The van der Waals surface area contributed by atoms with E-state index in [0.29, 0.717) is 11.5 Å². The van der Waals surface area contributed by atoms with E-state index in [-0.39, 0.29) is 35.9 Å². The first-order chi connectivity index (χ1) is 15.8. The van der Waals surface area contributed by atoms with Gasteiger partial charge >= 0.3 is 11.9 Å². The third-order valence-electron chi connectivity index (χ3n) is 3.82. The largest absolute Gasteiger partial charge is 0.462 e. The van der Waals surface area contributed by atoms with Crippen molar-refractivity contribution in [1.82, 2.24) is 0 Å². The second-order valence-corrected chi connectivity index (χ2v) is 6.42. The van der Waals surface area contributed by atoms with Crippen molar-refractivity contribution in [2.45, 2.75) is 0 Å². The molecule has 0 unspecified atom stereocenters. The first-order valence-corrected chi connectivity index (χ1v) is 9.49. The normalized spacial score (nSPS) is 10.5. The number of hydrogen-bond donors (Lipinski definition) is 0. The van der Waals surface area contributed by atoms with Crippen LogP contribution >= 0.6 is 0 Å². The summed E-state index contributed by atoms with van der Waals surface area (Å²) in [4.78, 5) is 23.5. The zero-order valence-electron chi connectivity index (χ0n) is 18.2. The van der Waals surface area contributed by atoms with Crippen LogP contribution in [0.3, 0.4) is 0 Å². The minimum Gasteiger partial charge on any atom is -0.462 e. The second-order valence-electron chi connectivity index (χ2n) is 6.42. The average Bonchev–Trinajstić information content (AvgIpc) is 2.79. The molecule has 0 spiro atoms. The molecule has 2 aromatic carbocycles. The molecule has 2 aromatic rings. The summed E-state index contributed by atoms with van der Waals surface area (Å²) in [6.45, 7) is 7.16. The van der Waals surface area contributed by atoms with E-state index < -0.39 is 17.8 Å². The molecule has 0 radical (unpaired) electrons. The van der Waals surface area contributed by atoms with Crippen molar-refractivity contribution in [3.8, 4) is 23.0 Å². The van der Waals surface area contributed by atoms with Crippen molar-refractivity contribution in [3.05, 3.63) is 85.1 Å². The summed E-state index contributed by atoms with van der Waals surface area (Å²) in [5.74, 6) is -1.45. The van der Waals surface area contributed by atoms with E-state index in [1.54, 1.807) is 12.1 Å². The number of carbonyl (C=O) groups is 2.